The normalized spacial score (nSPS) is 23.9. The molecule has 0 aliphatic heterocycles. The lowest BCUT2D eigenvalue weighted by Crippen LogP contribution is -2.38. The quantitative estimate of drug-likeness (QED) is 0.838. The van der Waals surface area contributed by atoms with Gasteiger partial charge < -0.3 is 10.3 Å². The Morgan fingerprint density at radius 3 is 2.41 bits per heavy atom. The maximum Gasteiger partial charge on any atom is 0.0480 e. The molecule has 88 valence electrons. The van der Waals surface area contributed by atoms with E-state index in [2.05, 4.69) is 41.9 Å². The molecule has 4 rings (SSSR count). The van der Waals surface area contributed by atoms with Gasteiger partial charge in [-0.1, -0.05) is 18.2 Å². The van der Waals surface area contributed by atoms with Crippen LogP contribution in [0, 0.1) is 0 Å². The van der Waals surface area contributed by atoms with Gasteiger partial charge in [-0.05, 0) is 43.2 Å². The summed E-state index contributed by atoms with van der Waals surface area (Å²) in [5.41, 5.74) is 9.68. The van der Waals surface area contributed by atoms with Crippen molar-refractivity contribution in [2.24, 2.45) is 12.8 Å². The van der Waals surface area contributed by atoms with E-state index in [0.717, 1.165) is 0 Å². The molecule has 2 saturated carbocycles. The lowest BCUT2D eigenvalue weighted by Gasteiger charge is -2.23. The van der Waals surface area contributed by atoms with Crippen LogP contribution in [0.15, 0.2) is 30.3 Å². The minimum atomic E-state index is 0.106. The van der Waals surface area contributed by atoms with Crippen LogP contribution < -0.4 is 5.73 Å². The molecular formula is C15H18N2. The Morgan fingerprint density at radius 1 is 1.12 bits per heavy atom. The standard InChI is InChI=1S/C15H18N2/c1-17-12-5-3-2-4-11(12)10-13(17)14(6-7-14)15(16)8-9-15/h2-5,10H,6-9,16H2,1H3. The van der Waals surface area contributed by atoms with Gasteiger partial charge in [0.05, 0.1) is 0 Å². The highest BCUT2D eigenvalue weighted by Crippen LogP contribution is 2.63. The maximum atomic E-state index is 6.50. The molecule has 17 heavy (non-hydrogen) atoms. The van der Waals surface area contributed by atoms with Gasteiger partial charge in [-0.25, -0.2) is 0 Å². The number of hydrogen-bond acceptors (Lipinski definition) is 1. The SMILES string of the molecule is Cn1c(C2(C3(N)CC3)CC2)cc2ccccc21. The largest absolute Gasteiger partial charge is 0.347 e. The van der Waals surface area contributed by atoms with Crippen LogP contribution in [0.5, 0.6) is 0 Å². The van der Waals surface area contributed by atoms with E-state index in [1.54, 1.807) is 0 Å². The van der Waals surface area contributed by atoms with Gasteiger partial charge in [-0.3, -0.25) is 0 Å². The Labute approximate surface area is 101 Å². The maximum absolute atomic E-state index is 6.50. The highest BCUT2D eigenvalue weighted by Gasteiger charge is 2.65. The average molecular weight is 226 g/mol. The van der Waals surface area contributed by atoms with Crippen LogP contribution in [0.3, 0.4) is 0 Å². The zero-order valence-corrected chi connectivity index (χ0v) is 10.2. The number of para-hydroxylation sites is 1. The van der Waals surface area contributed by atoms with Gasteiger partial charge in [0, 0.05) is 29.2 Å². The smallest absolute Gasteiger partial charge is 0.0480 e. The first-order chi connectivity index (χ1) is 8.16. The highest BCUT2D eigenvalue weighted by molar-refractivity contribution is 5.82. The first-order valence-electron chi connectivity index (χ1n) is 6.50. The number of benzene rings is 1. The molecule has 2 aliphatic carbocycles. The Kier molecular flexibility index (Phi) is 1.57. The van der Waals surface area contributed by atoms with Crippen LogP contribution in [0.1, 0.15) is 31.4 Å². The van der Waals surface area contributed by atoms with Crippen molar-refractivity contribution in [2.45, 2.75) is 36.6 Å². The molecule has 0 unspecified atom stereocenters. The minimum Gasteiger partial charge on any atom is -0.347 e. The molecule has 2 nitrogen and oxygen atoms in total. The summed E-state index contributed by atoms with van der Waals surface area (Å²) in [6.45, 7) is 0. The van der Waals surface area contributed by atoms with Crippen LogP contribution in [-0.4, -0.2) is 10.1 Å². The Morgan fingerprint density at radius 2 is 1.82 bits per heavy atom. The zero-order valence-electron chi connectivity index (χ0n) is 10.2. The fourth-order valence-corrected chi connectivity index (χ4v) is 3.50. The molecular weight excluding hydrogens is 208 g/mol. The van der Waals surface area contributed by atoms with Gasteiger partial charge in [-0.2, -0.15) is 0 Å². The minimum absolute atomic E-state index is 0.106. The molecule has 0 amide bonds. The third-order valence-corrected chi connectivity index (χ3v) is 4.93. The predicted octanol–water partition coefficient (Wildman–Crippen LogP) is 2.70. The molecule has 2 fully saturated rings. The fraction of sp³-hybridized carbons (Fsp3) is 0.467. The molecule has 0 spiro atoms. The monoisotopic (exact) mass is 226 g/mol. The van der Waals surface area contributed by atoms with Crippen LogP contribution >= 0.6 is 0 Å². The molecule has 1 aromatic carbocycles. The lowest BCUT2D eigenvalue weighted by atomic mass is 9.90. The third-order valence-electron chi connectivity index (χ3n) is 4.93. The van der Waals surface area contributed by atoms with Crippen LogP contribution in [0.25, 0.3) is 10.9 Å². The zero-order chi connectivity index (χ0) is 11.7. The number of aromatic nitrogens is 1. The summed E-state index contributed by atoms with van der Waals surface area (Å²) < 4.78 is 2.36. The van der Waals surface area contributed by atoms with Gasteiger partial charge >= 0.3 is 0 Å². The summed E-state index contributed by atoms with van der Waals surface area (Å²) in [5.74, 6) is 0. The highest BCUT2D eigenvalue weighted by atomic mass is 15.0. The van der Waals surface area contributed by atoms with Crippen molar-refractivity contribution in [3.05, 3.63) is 36.0 Å². The third kappa shape index (κ3) is 1.09. The van der Waals surface area contributed by atoms with Crippen molar-refractivity contribution in [1.29, 1.82) is 0 Å². The summed E-state index contributed by atoms with van der Waals surface area (Å²) in [6, 6.07) is 11.0. The van der Waals surface area contributed by atoms with E-state index in [4.69, 9.17) is 5.73 Å². The fourth-order valence-electron chi connectivity index (χ4n) is 3.50. The van der Waals surface area contributed by atoms with Crippen LogP contribution in [0.2, 0.25) is 0 Å². The number of nitrogens with two attached hydrogens (primary N) is 1. The molecule has 2 aromatic rings. The van der Waals surface area contributed by atoms with Gasteiger partial charge in [0.2, 0.25) is 0 Å². The molecule has 0 atom stereocenters. The van der Waals surface area contributed by atoms with Gasteiger partial charge in [0.25, 0.3) is 0 Å². The van der Waals surface area contributed by atoms with Crippen molar-refractivity contribution in [3.63, 3.8) is 0 Å². The second-order valence-corrected chi connectivity index (χ2v) is 5.89. The molecule has 2 aliphatic rings. The summed E-state index contributed by atoms with van der Waals surface area (Å²) in [5, 5.41) is 1.35. The lowest BCUT2D eigenvalue weighted by molar-refractivity contribution is 0.480. The second-order valence-electron chi connectivity index (χ2n) is 5.89. The van der Waals surface area contributed by atoms with E-state index in [9.17, 15) is 0 Å². The summed E-state index contributed by atoms with van der Waals surface area (Å²) in [7, 11) is 2.18. The second kappa shape index (κ2) is 2.75. The first-order valence-corrected chi connectivity index (χ1v) is 6.50. The molecule has 2 heteroatoms. The van der Waals surface area contributed by atoms with Gasteiger partial charge in [0.1, 0.15) is 0 Å². The number of nitrogens with zero attached hydrogens (tertiary/aromatic N) is 1. The van der Waals surface area contributed by atoms with E-state index < -0.39 is 0 Å². The summed E-state index contributed by atoms with van der Waals surface area (Å²) in [4.78, 5) is 0. The molecule has 2 N–H and O–H groups in total. The molecule has 0 saturated heterocycles. The van der Waals surface area contributed by atoms with Crippen LogP contribution in [-0.2, 0) is 12.5 Å². The van der Waals surface area contributed by atoms with Crippen molar-refractivity contribution in [1.82, 2.24) is 4.57 Å². The number of fused-ring (bicyclic) bond motifs is 1. The number of aryl methyl sites for hydroxylation is 1. The number of hydrogen-bond donors (Lipinski definition) is 1. The van der Waals surface area contributed by atoms with Gasteiger partial charge in [-0.15, -0.1) is 0 Å². The molecule has 0 radical (unpaired) electrons. The van der Waals surface area contributed by atoms with Gasteiger partial charge in [0.15, 0.2) is 0 Å². The van der Waals surface area contributed by atoms with E-state index in [1.165, 1.54) is 42.3 Å². The topological polar surface area (TPSA) is 30.9 Å². The van der Waals surface area contributed by atoms with Crippen molar-refractivity contribution < 1.29 is 0 Å². The summed E-state index contributed by atoms with van der Waals surface area (Å²) >= 11 is 0. The average Bonchev–Trinajstić information content (AvgIpc) is 3.23. The van der Waals surface area contributed by atoms with E-state index >= 15 is 0 Å². The Balaban J connectivity index is 1.95. The van der Waals surface area contributed by atoms with E-state index in [1.807, 2.05) is 0 Å². The molecule has 0 bridgehead atoms. The van der Waals surface area contributed by atoms with E-state index in [0.29, 0.717) is 5.41 Å². The molecule has 1 heterocycles. The Hall–Kier alpha value is -1.28. The van der Waals surface area contributed by atoms with E-state index in [-0.39, 0.29) is 5.54 Å². The van der Waals surface area contributed by atoms with Crippen molar-refractivity contribution in [3.8, 4) is 0 Å². The number of rotatable bonds is 2. The van der Waals surface area contributed by atoms with Crippen molar-refractivity contribution in [2.75, 3.05) is 0 Å². The Bertz CT molecular complexity index is 600. The van der Waals surface area contributed by atoms with Crippen LogP contribution in [0.4, 0.5) is 0 Å². The summed E-state index contributed by atoms with van der Waals surface area (Å²) in [6.07, 6.45) is 4.95. The predicted molar refractivity (Wildman–Crippen MR) is 70.0 cm³/mol. The molecule has 1 aromatic heterocycles. The van der Waals surface area contributed by atoms with Crippen molar-refractivity contribution >= 4 is 10.9 Å². The first kappa shape index (κ1) is 9.72.